The number of nitrogens with one attached hydrogen (secondary N) is 2. The number of imidazole rings is 1. The van der Waals surface area contributed by atoms with Crippen molar-refractivity contribution < 1.29 is 14.7 Å². The molecule has 1 heterocycles. The molecule has 18 heavy (non-hydrogen) atoms. The van der Waals surface area contributed by atoms with Crippen molar-refractivity contribution in [3.63, 3.8) is 0 Å². The number of carboxylic acids is 1. The van der Waals surface area contributed by atoms with E-state index < -0.39 is 11.9 Å². The first-order valence-corrected chi connectivity index (χ1v) is 6.15. The minimum atomic E-state index is -1.17. The van der Waals surface area contributed by atoms with Gasteiger partial charge in [-0.05, 0) is 31.6 Å². The largest absolute Gasteiger partial charge is 0.477 e. The van der Waals surface area contributed by atoms with Crippen LogP contribution < -0.4 is 5.32 Å². The summed E-state index contributed by atoms with van der Waals surface area (Å²) < 4.78 is 0. The summed E-state index contributed by atoms with van der Waals surface area (Å²) in [5.41, 5.74) is -0.196. The van der Waals surface area contributed by atoms with Crippen LogP contribution in [0.3, 0.4) is 0 Å². The van der Waals surface area contributed by atoms with Gasteiger partial charge in [-0.2, -0.15) is 0 Å². The van der Waals surface area contributed by atoms with Crippen molar-refractivity contribution in [2.24, 2.45) is 5.92 Å². The molecule has 1 saturated carbocycles. The standard InChI is InChI=1S/C12H17N3O3/c1-7-2-4-8(5-3-7)15-11(16)9-10(12(17)18)14-6-13-9/h6-8H,2-5H2,1H3,(H,13,14)(H,15,16)(H,17,18). The van der Waals surface area contributed by atoms with Gasteiger partial charge >= 0.3 is 5.97 Å². The third-order valence-corrected chi connectivity index (χ3v) is 3.42. The molecule has 1 aromatic rings. The second kappa shape index (κ2) is 5.20. The van der Waals surface area contributed by atoms with Crippen LogP contribution in [0.25, 0.3) is 0 Å². The van der Waals surface area contributed by atoms with Crippen LogP contribution in [-0.2, 0) is 0 Å². The van der Waals surface area contributed by atoms with E-state index in [4.69, 9.17) is 5.11 Å². The molecule has 0 atom stereocenters. The van der Waals surface area contributed by atoms with Crippen LogP contribution in [-0.4, -0.2) is 33.0 Å². The van der Waals surface area contributed by atoms with Crippen molar-refractivity contribution in [1.29, 1.82) is 0 Å². The Hall–Kier alpha value is -1.85. The molecule has 0 saturated heterocycles. The van der Waals surface area contributed by atoms with Crippen molar-refractivity contribution in [1.82, 2.24) is 15.3 Å². The summed E-state index contributed by atoms with van der Waals surface area (Å²) >= 11 is 0. The first kappa shape index (κ1) is 12.6. The molecule has 0 aromatic carbocycles. The Balaban J connectivity index is 1.99. The van der Waals surface area contributed by atoms with Gasteiger partial charge in [-0.3, -0.25) is 4.79 Å². The van der Waals surface area contributed by atoms with Crippen molar-refractivity contribution >= 4 is 11.9 Å². The molecule has 1 amide bonds. The van der Waals surface area contributed by atoms with Gasteiger partial charge in [0, 0.05) is 6.04 Å². The number of nitrogens with zero attached hydrogens (tertiary/aromatic N) is 1. The van der Waals surface area contributed by atoms with Gasteiger partial charge in [-0.25, -0.2) is 9.78 Å². The van der Waals surface area contributed by atoms with E-state index >= 15 is 0 Å². The van der Waals surface area contributed by atoms with Gasteiger partial charge in [0.2, 0.25) is 0 Å². The predicted molar refractivity (Wildman–Crippen MR) is 64.4 cm³/mol. The van der Waals surface area contributed by atoms with E-state index in [0.717, 1.165) is 25.7 Å². The lowest BCUT2D eigenvalue weighted by Gasteiger charge is -2.26. The van der Waals surface area contributed by atoms with Crippen LogP contribution in [0.1, 0.15) is 53.6 Å². The van der Waals surface area contributed by atoms with E-state index in [2.05, 4.69) is 22.2 Å². The number of carboxylic acid groups (broad SMARTS) is 1. The molecule has 6 heteroatoms. The second-order valence-corrected chi connectivity index (χ2v) is 4.86. The summed E-state index contributed by atoms with van der Waals surface area (Å²) in [5.74, 6) is -0.874. The van der Waals surface area contributed by atoms with Crippen LogP contribution in [0.2, 0.25) is 0 Å². The van der Waals surface area contributed by atoms with E-state index in [0.29, 0.717) is 5.92 Å². The molecule has 3 N–H and O–H groups in total. The molecule has 1 aliphatic carbocycles. The summed E-state index contributed by atoms with van der Waals surface area (Å²) in [4.78, 5) is 29.0. The number of carbonyl (C=O) groups excluding carboxylic acids is 1. The number of hydrogen-bond donors (Lipinski definition) is 3. The summed E-state index contributed by atoms with van der Waals surface area (Å²) in [7, 11) is 0. The maximum Gasteiger partial charge on any atom is 0.354 e. The number of aromatic amines is 1. The number of aromatic nitrogens is 2. The number of hydrogen-bond acceptors (Lipinski definition) is 3. The number of rotatable bonds is 3. The maximum atomic E-state index is 11.9. The van der Waals surface area contributed by atoms with Crippen LogP contribution in [0, 0.1) is 5.92 Å². The number of aromatic carboxylic acids is 1. The van der Waals surface area contributed by atoms with E-state index in [9.17, 15) is 9.59 Å². The van der Waals surface area contributed by atoms with Gasteiger partial charge in [-0.15, -0.1) is 0 Å². The van der Waals surface area contributed by atoms with E-state index in [1.807, 2.05) is 0 Å². The normalized spacial score (nSPS) is 23.6. The molecule has 0 unspecified atom stereocenters. The monoisotopic (exact) mass is 251 g/mol. The summed E-state index contributed by atoms with van der Waals surface area (Å²) in [6.45, 7) is 2.20. The molecular weight excluding hydrogens is 234 g/mol. The molecule has 2 rings (SSSR count). The molecule has 1 fully saturated rings. The first-order valence-electron chi connectivity index (χ1n) is 6.15. The van der Waals surface area contributed by atoms with Gasteiger partial charge in [0.1, 0.15) is 0 Å². The fraction of sp³-hybridized carbons (Fsp3) is 0.583. The quantitative estimate of drug-likeness (QED) is 0.757. The molecule has 1 aromatic heterocycles. The zero-order valence-corrected chi connectivity index (χ0v) is 10.3. The molecule has 0 aliphatic heterocycles. The highest BCUT2D eigenvalue weighted by Gasteiger charge is 2.24. The Kier molecular flexibility index (Phi) is 3.64. The number of amides is 1. The molecule has 6 nitrogen and oxygen atoms in total. The fourth-order valence-electron chi connectivity index (χ4n) is 2.29. The third kappa shape index (κ3) is 2.69. The second-order valence-electron chi connectivity index (χ2n) is 4.86. The van der Waals surface area contributed by atoms with Gasteiger partial charge in [0.05, 0.1) is 6.33 Å². The SMILES string of the molecule is CC1CCC(NC(=O)c2nc[nH]c2C(=O)O)CC1. The minimum Gasteiger partial charge on any atom is -0.477 e. The van der Waals surface area contributed by atoms with Crippen LogP contribution >= 0.6 is 0 Å². The minimum absolute atomic E-state index is 0.0406. The van der Waals surface area contributed by atoms with Gasteiger partial charge in [0.25, 0.3) is 5.91 Å². The molecule has 1 aliphatic rings. The predicted octanol–water partition coefficient (Wildman–Crippen LogP) is 1.42. The Labute approximate surface area is 105 Å². The Morgan fingerprint density at radius 1 is 1.39 bits per heavy atom. The molecule has 0 spiro atoms. The van der Waals surface area contributed by atoms with E-state index in [1.165, 1.54) is 6.33 Å². The zero-order chi connectivity index (χ0) is 13.1. The Bertz CT molecular complexity index is 447. The van der Waals surface area contributed by atoms with Crippen LogP contribution in [0.15, 0.2) is 6.33 Å². The van der Waals surface area contributed by atoms with E-state index in [-0.39, 0.29) is 17.4 Å². The summed E-state index contributed by atoms with van der Waals surface area (Å²) in [6.07, 6.45) is 5.30. The lowest BCUT2D eigenvalue weighted by molar-refractivity contribution is 0.0684. The molecular formula is C12H17N3O3. The molecule has 0 radical (unpaired) electrons. The van der Waals surface area contributed by atoms with Gasteiger partial charge < -0.3 is 15.4 Å². The summed E-state index contributed by atoms with van der Waals surface area (Å²) in [6, 6.07) is 0.132. The Morgan fingerprint density at radius 3 is 2.67 bits per heavy atom. The van der Waals surface area contributed by atoms with Gasteiger partial charge in [-0.1, -0.05) is 6.92 Å². The average molecular weight is 251 g/mol. The first-order chi connectivity index (χ1) is 8.58. The highest BCUT2D eigenvalue weighted by Crippen LogP contribution is 2.23. The lowest BCUT2D eigenvalue weighted by atomic mass is 9.87. The zero-order valence-electron chi connectivity index (χ0n) is 10.3. The van der Waals surface area contributed by atoms with Crippen molar-refractivity contribution in [3.05, 3.63) is 17.7 Å². The van der Waals surface area contributed by atoms with Crippen LogP contribution in [0.5, 0.6) is 0 Å². The Morgan fingerprint density at radius 2 is 2.06 bits per heavy atom. The van der Waals surface area contributed by atoms with Crippen LogP contribution in [0.4, 0.5) is 0 Å². The number of carbonyl (C=O) groups is 2. The third-order valence-electron chi connectivity index (χ3n) is 3.42. The topological polar surface area (TPSA) is 95.1 Å². The summed E-state index contributed by atoms with van der Waals surface area (Å²) in [5, 5.41) is 11.7. The lowest BCUT2D eigenvalue weighted by Crippen LogP contribution is -2.38. The number of H-pyrrole nitrogens is 1. The smallest absolute Gasteiger partial charge is 0.354 e. The molecule has 98 valence electrons. The van der Waals surface area contributed by atoms with Crippen molar-refractivity contribution in [2.75, 3.05) is 0 Å². The fourth-order valence-corrected chi connectivity index (χ4v) is 2.29. The van der Waals surface area contributed by atoms with E-state index in [1.54, 1.807) is 0 Å². The maximum absolute atomic E-state index is 11.9. The molecule has 0 bridgehead atoms. The highest BCUT2D eigenvalue weighted by molar-refractivity contribution is 6.02. The van der Waals surface area contributed by atoms with Crippen molar-refractivity contribution in [2.45, 2.75) is 38.6 Å². The van der Waals surface area contributed by atoms with Crippen molar-refractivity contribution in [3.8, 4) is 0 Å². The van der Waals surface area contributed by atoms with Gasteiger partial charge in [0.15, 0.2) is 11.4 Å². The average Bonchev–Trinajstić information content (AvgIpc) is 2.81. The highest BCUT2D eigenvalue weighted by atomic mass is 16.4.